The summed E-state index contributed by atoms with van der Waals surface area (Å²) < 4.78 is 35.3. The Labute approximate surface area is 221 Å². The fourth-order valence-electron chi connectivity index (χ4n) is 4.49. The van der Waals surface area contributed by atoms with Crippen molar-refractivity contribution in [2.75, 3.05) is 42.8 Å². The van der Waals surface area contributed by atoms with Crippen molar-refractivity contribution in [2.24, 2.45) is 0 Å². The van der Waals surface area contributed by atoms with Crippen LogP contribution in [0.15, 0.2) is 47.6 Å². The normalized spacial score (nSPS) is 14.0. The summed E-state index contributed by atoms with van der Waals surface area (Å²) in [5.41, 5.74) is 2.99. The Hall–Kier alpha value is -3.77. The molecule has 1 saturated heterocycles. The smallest absolute Gasteiger partial charge is 0.229 e. The lowest BCUT2D eigenvalue weighted by atomic mass is 10.1. The van der Waals surface area contributed by atoms with Crippen molar-refractivity contribution in [1.82, 2.24) is 29.5 Å². The average molecular weight is 537 g/mol. The van der Waals surface area contributed by atoms with Gasteiger partial charge in [-0.25, -0.2) is 18.7 Å². The predicted molar refractivity (Wildman–Crippen MR) is 144 cm³/mol. The standard InChI is InChI=1S/C26H26F2N8OS/c1-38-17-4-2-16(3-5-17)8-9-36-15-30-23-24(33-26(34-25(23)36)35-10-12-37-13-11-35)29-14-20-31-19-7-6-18(27)21(28)22(19)32-20/h2-7,15H,8-14H2,1H3,(H,31,32)(H,29,33,34). The van der Waals surface area contributed by atoms with Gasteiger partial charge >= 0.3 is 0 Å². The molecule has 38 heavy (non-hydrogen) atoms. The van der Waals surface area contributed by atoms with Gasteiger partial charge in [-0.05, 0) is 42.5 Å². The van der Waals surface area contributed by atoms with Gasteiger partial charge in [-0.3, -0.25) is 0 Å². The number of benzene rings is 2. The first kappa shape index (κ1) is 24.6. The average Bonchev–Trinajstić information content (AvgIpc) is 3.58. The van der Waals surface area contributed by atoms with Gasteiger partial charge in [0.25, 0.3) is 0 Å². The summed E-state index contributed by atoms with van der Waals surface area (Å²) >= 11 is 1.72. The number of thioether (sulfide) groups is 1. The summed E-state index contributed by atoms with van der Waals surface area (Å²) in [6.07, 6.45) is 4.68. The van der Waals surface area contributed by atoms with Crippen molar-refractivity contribution < 1.29 is 13.5 Å². The van der Waals surface area contributed by atoms with Crippen molar-refractivity contribution in [2.45, 2.75) is 24.4 Å². The highest BCUT2D eigenvalue weighted by Gasteiger charge is 2.20. The number of imidazole rings is 2. The molecule has 3 aromatic heterocycles. The van der Waals surface area contributed by atoms with Crippen LogP contribution < -0.4 is 10.2 Å². The first-order chi connectivity index (χ1) is 18.6. The number of nitrogens with zero attached hydrogens (tertiary/aromatic N) is 6. The number of halogens is 2. The molecule has 4 heterocycles. The van der Waals surface area contributed by atoms with Crippen molar-refractivity contribution in [3.63, 3.8) is 0 Å². The highest BCUT2D eigenvalue weighted by Crippen LogP contribution is 2.25. The molecule has 196 valence electrons. The largest absolute Gasteiger partial charge is 0.378 e. The SMILES string of the molecule is CSc1ccc(CCn2cnc3c(NCc4nc5c(F)c(F)ccc5[nH]4)nc(N4CCOCC4)nc32)cc1. The molecule has 5 aromatic rings. The van der Waals surface area contributed by atoms with Crippen LogP contribution in [0, 0.1) is 11.6 Å². The van der Waals surface area contributed by atoms with E-state index < -0.39 is 11.6 Å². The molecular formula is C26H26F2N8OS. The molecule has 1 fully saturated rings. The Morgan fingerprint density at radius 1 is 1.03 bits per heavy atom. The lowest BCUT2D eigenvalue weighted by Gasteiger charge is -2.27. The van der Waals surface area contributed by atoms with Crippen LogP contribution in [-0.2, 0) is 24.2 Å². The van der Waals surface area contributed by atoms with Crippen molar-refractivity contribution in [3.8, 4) is 0 Å². The quantitative estimate of drug-likeness (QED) is 0.282. The van der Waals surface area contributed by atoms with Crippen LogP contribution >= 0.6 is 11.8 Å². The molecule has 2 aromatic carbocycles. The number of rotatable bonds is 8. The van der Waals surface area contributed by atoms with Gasteiger partial charge < -0.3 is 24.5 Å². The summed E-state index contributed by atoms with van der Waals surface area (Å²) in [5, 5.41) is 3.28. The number of aromatic amines is 1. The van der Waals surface area contributed by atoms with Crippen molar-refractivity contribution in [1.29, 1.82) is 0 Å². The molecule has 0 saturated carbocycles. The van der Waals surface area contributed by atoms with Gasteiger partial charge in [-0.2, -0.15) is 9.97 Å². The number of morpholine rings is 1. The predicted octanol–water partition coefficient (Wildman–Crippen LogP) is 4.39. The van der Waals surface area contributed by atoms with E-state index in [0.717, 1.165) is 18.1 Å². The first-order valence-corrected chi connectivity index (χ1v) is 13.6. The van der Waals surface area contributed by atoms with E-state index in [9.17, 15) is 8.78 Å². The molecule has 0 amide bonds. The highest BCUT2D eigenvalue weighted by atomic mass is 32.2. The van der Waals surface area contributed by atoms with Crippen LogP contribution in [0.4, 0.5) is 20.5 Å². The van der Waals surface area contributed by atoms with Crippen molar-refractivity contribution >= 4 is 45.7 Å². The third-order valence-electron chi connectivity index (χ3n) is 6.56. The van der Waals surface area contributed by atoms with E-state index in [2.05, 4.69) is 55.7 Å². The van der Waals surface area contributed by atoms with Gasteiger partial charge in [-0.1, -0.05) is 12.1 Å². The summed E-state index contributed by atoms with van der Waals surface area (Å²) in [6.45, 7) is 3.53. The monoisotopic (exact) mass is 536 g/mol. The topological polar surface area (TPSA) is 96.8 Å². The molecule has 0 unspecified atom stereocenters. The van der Waals surface area contributed by atoms with Gasteiger partial charge in [0.1, 0.15) is 11.3 Å². The Morgan fingerprint density at radius 2 is 1.84 bits per heavy atom. The minimum atomic E-state index is -0.967. The summed E-state index contributed by atoms with van der Waals surface area (Å²) in [4.78, 5) is 24.8. The minimum absolute atomic E-state index is 0.0292. The van der Waals surface area contributed by atoms with Gasteiger partial charge in [0.05, 0.1) is 31.6 Å². The number of fused-ring (bicyclic) bond motifs is 2. The van der Waals surface area contributed by atoms with E-state index in [-0.39, 0.29) is 12.1 Å². The second-order valence-electron chi connectivity index (χ2n) is 8.97. The molecule has 0 bridgehead atoms. The highest BCUT2D eigenvalue weighted by molar-refractivity contribution is 7.98. The Kier molecular flexibility index (Phi) is 6.81. The molecule has 12 heteroatoms. The Morgan fingerprint density at radius 3 is 2.63 bits per heavy atom. The molecule has 0 radical (unpaired) electrons. The number of anilines is 2. The van der Waals surface area contributed by atoms with E-state index >= 15 is 0 Å². The van der Waals surface area contributed by atoms with Crippen LogP contribution in [0.5, 0.6) is 0 Å². The number of hydrogen-bond donors (Lipinski definition) is 2. The molecule has 6 rings (SSSR count). The van der Waals surface area contributed by atoms with Gasteiger partial charge in [0.15, 0.2) is 28.6 Å². The van der Waals surface area contributed by atoms with Crippen molar-refractivity contribution in [3.05, 3.63) is 65.7 Å². The van der Waals surface area contributed by atoms with Gasteiger partial charge in [0, 0.05) is 24.5 Å². The number of aryl methyl sites for hydroxylation is 2. The summed E-state index contributed by atoms with van der Waals surface area (Å²) in [6, 6.07) is 11.1. The van der Waals surface area contributed by atoms with Crippen LogP contribution in [-0.4, -0.2) is 62.0 Å². The van der Waals surface area contributed by atoms with Crippen LogP contribution in [0.25, 0.3) is 22.2 Å². The summed E-state index contributed by atoms with van der Waals surface area (Å²) in [5.74, 6) is -0.302. The summed E-state index contributed by atoms with van der Waals surface area (Å²) in [7, 11) is 0. The molecule has 2 N–H and O–H groups in total. The fraction of sp³-hybridized carbons (Fsp3) is 0.308. The Bertz CT molecular complexity index is 1580. The maximum Gasteiger partial charge on any atom is 0.229 e. The van der Waals surface area contributed by atoms with E-state index in [0.29, 0.717) is 61.5 Å². The number of ether oxygens (including phenoxy) is 1. The molecule has 0 atom stereocenters. The van der Waals surface area contributed by atoms with E-state index in [4.69, 9.17) is 14.7 Å². The third kappa shape index (κ3) is 4.88. The number of H-pyrrole nitrogens is 1. The van der Waals surface area contributed by atoms with E-state index in [1.54, 1.807) is 18.1 Å². The van der Waals surface area contributed by atoms with Crippen LogP contribution in [0.2, 0.25) is 0 Å². The van der Waals surface area contributed by atoms with Gasteiger partial charge in [-0.15, -0.1) is 11.8 Å². The lowest BCUT2D eigenvalue weighted by Crippen LogP contribution is -2.37. The molecular weight excluding hydrogens is 510 g/mol. The zero-order valence-corrected chi connectivity index (χ0v) is 21.6. The zero-order valence-electron chi connectivity index (χ0n) is 20.7. The number of nitrogens with one attached hydrogen (secondary N) is 2. The lowest BCUT2D eigenvalue weighted by molar-refractivity contribution is 0.122. The molecule has 1 aliphatic heterocycles. The van der Waals surface area contributed by atoms with E-state index in [1.807, 2.05) is 4.57 Å². The minimum Gasteiger partial charge on any atom is -0.378 e. The van der Waals surface area contributed by atoms with Crippen LogP contribution in [0.1, 0.15) is 11.4 Å². The number of hydrogen-bond acceptors (Lipinski definition) is 8. The zero-order chi connectivity index (χ0) is 26.1. The second-order valence-corrected chi connectivity index (χ2v) is 9.85. The van der Waals surface area contributed by atoms with E-state index in [1.165, 1.54) is 16.5 Å². The molecule has 0 aliphatic carbocycles. The van der Waals surface area contributed by atoms with Gasteiger partial charge in [0.2, 0.25) is 5.95 Å². The third-order valence-corrected chi connectivity index (χ3v) is 7.31. The fourth-order valence-corrected chi connectivity index (χ4v) is 4.89. The molecule has 0 spiro atoms. The molecule has 9 nitrogen and oxygen atoms in total. The Balaban J connectivity index is 1.29. The molecule has 1 aliphatic rings. The maximum absolute atomic E-state index is 14.1. The van der Waals surface area contributed by atoms with Crippen LogP contribution in [0.3, 0.4) is 0 Å². The first-order valence-electron chi connectivity index (χ1n) is 12.3. The second kappa shape index (κ2) is 10.5. The maximum atomic E-state index is 14.1. The number of aromatic nitrogens is 6.